The van der Waals surface area contributed by atoms with Crippen LogP contribution in [0.5, 0.6) is 11.5 Å². The van der Waals surface area contributed by atoms with Crippen LogP contribution in [0.15, 0.2) is 12.1 Å². The summed E-state index contributed by atoms with van der Waals surface area (Å²) >= 11 is 0. The van der Waals surface area contributed by atoms with Crippen LogP contribution in [0, 0.1) is 0 Å². The lowest BCUT2D eigenvalue weighted by atomic mass is 10.0. The maximum Gasteiger partial charge on any atom is 0.410 e. The number of piperazine rings is 1. The number of phenols is 1. The normalized spacial score (nSPS) is 20.7. The van der Waals surface area contributed by atoms with Crippen LogP contribution in [0.2, 0.25) is 0 Å². The molecule has 0 unspecified atom stereocenters. The zero-order valence-corrected chi connectivity index (χ0v) is 15.7. The smallest absolute Gasteiger partial charge is 0.410 e. The van der Waals surface area contributed by atoms with Crippen LogP contribution >= 0.6 is 0 Å². The van der Waals surface area contributed by atoms with E-state index in [0.29, 0.717) is 43.1 Å². The molecule has 1 aromatic carbocycles. The van der Waals surface area contributed by atoms with E-state index in [1.807, 2.05) is 27.7 Å². The first-order valence-corrected chi connectivity index (χ1v) is 8.88. The summed E-state index contributed by atoms with van der Waals surface area (Å²) in [5.74, 6) is 0.543. The number of hydrogen-bond acceptors (Lipinski definition) is 6. The van der Waals surface area contributed by atoms with Crippen molar-refractivity contribution in [3.05, 3.63) is 23.3 Å². The number of carbonyl (C=O) groups is 2. The molecule has 0 spiro atoms. The summed E-state index contributed by atoms with van der Waals surface area (Å²) in [5, 5.41) is 10.2. The summed E-state index contributed by atoms with van der Waals surface area (Å²) in [4.78, 5) is 28.0. The van der Waals surface area contributed by atoms with Crippen LogP contribution in [-0.2, 0) is 11.3 Å². The molecule has 0 bridgehead atoms. The van der Waals surface area contributed by atoms with Gasteiger partial charge in [0.15, 0.2) is 6.61 Å². The van der Waals surface area contributed by atoms with Gasteiger partial charge in [-0.25, -0.2) is 4.79 Å². The Kier molecular flexibility index (Phi) is 4.84. The maximum absolute atomic E-state index is 12.3. The predicted octanol–water partition coefficient (Wildman–Crippen LogP) is 2.41. The second kappa shape index (κ2) is 6.79. The fraction of sp³-hybridized carbons (Fsp3) is 0.579. The van der Waals surface area contributed by atoms with E-state index in [1.54, 1.807) is 17.0 Å². The number of phenolic OH excluding ortho intramolecular Hbond substituents is 1. The lowest BCUT2D eigenvalue weighted by molar-refractivity contribution is 0.00440. The Bertz CT molecular complexity index is 725. The fourth-order valence-electron chi connectivity index (χ4n) is 3.30. The third-order valence-electron chi connectivity index (χ3n) is 4.66. The number of hydrogen-bond donors (Lipinski definition) is 1. The highest BCUT2D eigenvalue weighted by Gasteiger charge is 2.32. The van der Waals surface area contributed by atoms with Gasteiger partial charge in [0.25, 0.3) is 0 Å². The Labute approximate surface area is 153 Å². The van der Waals surface area contributed by atoms with Gasteiger partial charge in [0, 0.05) is 32.2 Å². The summed E-state index contributed by atoms with van der Waals surface area (Å²) in [6.07, 6.45) is -0.304. The number of rotatable bonds is 2. The number of nitrogens with zero attached hydrogens (tertiary/aromatic N) is 2. The minimum Gasteiger partial charge on any atom is -0.507 e. The predicted molar refractivity (Wildman–Crippen MR) is 95.6 cm³/mol. The van der Waals surface area contributed by atoms with E-state index in [2.05, 4.69) is 4.90 Å². The highest BCUT2D eigenvalue weighted by Crippen LogP contribution is 2.36. The largest absolute Gasteiger partial charge is 0.507 e. The summed E-state index contributed by atoms with van der Waals surface area (Å²) in [6.45, 7) is 9.82. The van der Waals surface area contributed by atoms with Gasteiger partial charge in [0.1, 0.15) is 17.1 Å². The highest BCUT2D eigenvalue weighted by atomic mass is 16.6. The molecule has 0 radical (unpaired) electrons. The van der Waals surface area contributed by atoms with Crippen LogP contribution in [0.3, 0.4) is 0 Å². The molecule has 7 heteroatoms. The molecule has 26 heavy (non-hydrogen) atoms. The average molecular weight is 362 g/mol. The van der Waals surface area contributed by atoms with E-state index in [4.69, 9.17) is 9.47 Å². The summed E-state index contributed by atoms with van der Waals surface area (Å²) in [7, 11) is 0. The molecule has 1 N–H and O–H groups in total. The Morgan fingerprint density at radius 1 is 1.35 bits per heavy atom. The fourth-order valence-corrected chi connectivity index (χ4v) is 3.30. The SMILES string of the molecule is C[C@H]1CN(C(=O)OC(C)(C)C)CCN1Cc1c(O)ccc2c1OCC2=O. The van der Waals surface area contributed by atoms with Crippen molar-refractivity contribution in [2.24, 2.45) is 0 Å². The molecule has 1 fully saturated rings. The average Bonchev–Trinajstić information content (AvgIpc) is 2.91. The van der Waals surface area contributed by atoms with Gasteiger partial charge in [0.05, 0.1) is 11.1 Å². The van der Waals surface area contributed by atoms with Gasteiger partial charge >= 0.3 is 6.09 Å². The molecule has 1 atom stereocenters. The number of ketones is 1. The number of aromatic hydroxyl groups is 1. The number of carbonyl (C=O) groups excluding carboxylic acids is 2. The van der Waals surface area contributed by atoms with Crippen molar-refractivity contribution < 1.29 is 24.2 Å². The number of amides is 1. The van der Waals surface area contributed by atoms with Crippen LogP contribution in [0.25, 0.3) is 0 Å². The van der Waals surface area contributed by atoms with E-state index < -0.39 is 5.60 Å². The summed E-state index contributed by atoms with van der Waals surface area (Å²) in [5.41, 5.74) is 0.640. The van der Waals surface area contributed by atoms with Gasteiger partial charge in [-0.2, -0.15) is 0 Å². The van der Waals surface area contributed by atoms with Crippen LogP contribution in [-0.4, -0.2) is 64.7 Å². The first-order chi connectivity index (χ1) is 12.2. The minimum atomic E-state index is -0.516. The van der Waals surface area contributed by atoms with Crippen molar-refractivity contribution in [1.29, 1.82) is 0 Å². The molecule has 2 aliphatic rings. The van der Waals surface area contributed by atoms with Crippen molar-refractivity contribution in [3.8, 4) is 11.5 Å². The third-order valence-corrected chi connectivity index (χ3v) is 4.66. The lowest BCUT2D eigenvalue weighted by Gasteiger charge is -2.40. The van der Waals surface area contributed by atoms with Crippen LogP contribution in [0.4, 0.5) is 4.79 Å². The molecule has 2 aliphatic heterocycles. The van der Waals surface area contributed by atoms with Gasteiger partial charge in [-0.15, -0.1) is 0 Å². The first kappa shape index (κ1) is 18.5. The molecule has 0 aliphatic carbocycles. The van der Waals surface area contributed by atoms with Gasteiger partial charge in [-0.3, -0.25) is 9.69 Å². The molecule has 142 valence electrons. The Hall–Kier alpha value is -2.28. The number of fused-ring (bicyclic) bond motifs is 1. The van der Waals surface area contributed by atoms with Crippen molar-refractivity contribution in [3.63, 3.8) is 0 Å². The molecule has 2 heterocycles. The molecule has 7 nitrogen and oxygen atoms in total. The van der Waals surface area contributed by atoms with E-state index in [9.17, 15) is 14.7 Å². The van der Waals surface area contributed by atoms with Gasteiger partial charge in [0.2, 0.25) is 5.78 Å². The number of Topliss-reactive ketones (excluding diaryl/α,β-unsaturated/α-hetero) is 1. The van der Waals surface area contributed by atoms with Crippen LogP contribution < -0.4 is 4.74 Å². The molecule has 0 saturated carbocycles. The molecule has 1 amide bonds. The molecule has 0 aromatic heterocycles. The number of ether oxygens (including phenoxy) is 2. The minimum absolute atomic E-state index is 0.0216. The van der Waals surface area contributed by atoms with E-state index in [0.717, 1.165) is 0 Å². The summed E-state index contributed by atoms with van der Waals surface area (Å²) < 4.78 is 10.9. The van der Waals surface area contributed by atoms with Gasteiger partial charge in [-0.1, -0.05) is 0 Å². The Balaban J connectivity index is 1.69. The quantitative estimate of drug-likeness (QED) is 0.870. The van der Waals surface area contributed by atoms with E-state index in [1.165, 1.54) is 0 Å². The number of benzene rings is 1. The van der Waals surface area contributed by atoms with E-state index >= 15 is 0 Å². The molecule has 1 aromatic rings. The van der Waals surface area contributed by atoms with Crippen molar-refractivity contribution >= 4 is 11.9 Å². The zero-order valence-electron chi connectivity index (χ0n) is 15.7. The maximum atomic E-state index is 12.3. The lowest BCUT2D eigenvalue weighted by Crippen LogP contribution is -2.54. The molecule has 1 saturated heterocycles. The zero-order chi connectivity index (χ0) is 19.1. The second-order valence-electron chi connectivity index (χ2n) is 7.90. The van der Waals surface area contributed by atoms with Crippen molar-refractivity contribution in [2.75, 3.05) is 26.2 Å². The van der Waals surface area contributed by atoms with Gasteiger partial charge < -0.3 is 19.5 Å². The highest BCUT2D eigenvalue weighted by molar-refractivity contribution is 6.02. The monoisotopic (exact) mass is 362 g/mol. The van der Waals surface area contributed by atoms with E-state index in [-0.39, 0.29) is 30.3 Å². The Morgan fingerprint density at radius 3 is 2.73 bits per heavy atom. The van der Waals surface area contributed by atoms with Crippen molar-refractivity contribution in [2.45, 2.75) is 45.9 Å². The summed E-state index contributed by atoms with van der Waals surface area (Å²) in [6, 6.07) is 3.24. The molecular formula is C19H26N2O5. The standard InChI is InChI=1S/C19H26N2O5/c1-12-9-21(18(24)26-19(2,3)4)8-7-20(12)10-14-15(22)6-5-13-16(23)11-25-17(13)14/h5-6,12,22H,7-11H2,1-4H3/t12-/m0/s1. The van der Waals surface area contributed by atoms with Crippen molar-refractivity contribution in [1.82, 2.24) is 9.80 Å². The Morgan fingerprint density at radius 2 is 2.08 bits per heavy atom. The molecule has 3 rings (SSSR count). The van der Waals surface area contributed by atoms with Crippen LogP contribution in [0.1, 0.15) is 43.6 Å². The second-order valence-corrected chi connectivity index (χ2v) is 7.90. The topological polar surface area (TPSA) is 79.3 Å². The molecular weight excluding hydrogens is 336 g/mol. The van der Waals surface area contributed by atoms with Gasteiger partial charge in [-0.05, 0) is 39.8 Å². The third kappa shape index (κ3) is 3.77. The first-order valence-electron chi connectivity index (χ1n) is 8.88.